The molecule has 2 heteroatoms. The fourth-order valence-electron chi connectivity index (χ4n) is 0.714. The van der Waals surface area contributed by atoms with Crippen LogP contribution in [0, 0.1) is 12.3 Å². The van der Waals surface area contributed by atoms with Crippen molar-refractivity contribution in [3.05, 3.63) is 16.3 Å². The molecule has 0 aromatic carbocycles. The van der Waals surface area contributed by atoms with Crippen molar-refractivity contribution in [2.45, 2.75) is 13.3 Å². The summed E-state index contributed by atoms with van der Waals surface area (Å²) in [5.41, 5.74) is 0.864. The predicted molar refractivity (Wildman–Crippen MR) is 48.0 cm³/mol. The molecule has 0 unspecified atom stereocenters. The van der Waals surface area contributed by atoms with E-state index in [0.717, 1.165) is 24.3 Å². The Hall–Kier alpha value is -0.940. The third-order valence-electron chi connectivity index (χ3n) is 1.24. The lowest BCUT2D eigenvalue weighted by molar-refractivity contribution is 0.318. The first-order valence-corrected chi connectivity index (χ1v) is 4.48. The van der Waals surface area contributed by atoms with Crippen LogP contribution >= 0.6 is 11.3 Å². The summed E-state index contributed by atoms with van der Waals surface area (Å²) in [5, 5.41) is 3.86. The average molecular weight is 166 g/mol. The first-order chi connectivity index (χ1) is 5.38. The Bertz CT molecular complexity index is 257. The molecule has 0 bridgehead atoms. The second kappa shape index (κ2) is 4.05. The van der Waals surface area contributed by atoms with Gasteiger partial charge in [0.1, 0.15) is 5.75 Å². The standard InChI is InChI=1S/C9H10OS/c1-3-5-10-9-7-11-6-8(9)4-2/h2,6-7H,3,5H2,1H3. The van der Waals surface area contributed by atoms with Crippen LogP contribution in [0.3, 0.4) is 0 Å². The van der Waals surface area contributed by atoms with Gasteiger partial charge in [-0.15, -0.1) is 17.8 Å². The zero-order valence-electron chi connectivity index (χ0n) is 6.46. The largest absolute Gasteiger partial charge is 0.491 e. The van der Waals surface area contributed by atoms with Crippen molar-refractivity contribution in [3.8, 4) is 18.1 Å². The summed E-state index contributed by atoms with van der Waals surface area (Å²) in [4.78, 5) is 0. The molecule has 0 aliphatic rings. The molecule has 0 N–H and O–H groups in total. The molecule has 1 nitrogen and oxygen atoms in total. The summed E-state index contributed by atoms with van der Waals surface area (Å²) in [6.45, 7) is 2.81. The van der Waals surface area contributed by atoms with Crippen LogP contribution in [-0.2, 0) is 0 Å². The highest BCUT2D eigenvalue weighted by Crippen LogP contribution is 2.22. The van der Waals surface area contributed by atoms with E-state index in [2.05, 4.69) is 12.8 Å². The molecular formula is C9H10OS. The van der Waals surface area contributed by atoms with E-state index in [9.17, 15) is 0 Å². The normalized spacial score (nSPS) is 9.09. The number of rotatable bonds is 3. The van der Waals surface area contributed by atoms with E-state index in [4.69, 9.17) is 11.2 Å². The summed E-state index contributed by atoms with van der Waals surface area (Å²) in [5.74, 6) is 3.42. The lowest BCUT2D eigenvalue weighted by Gasteiger charge is -2.00. The number of thiophene rings is 1. The smallest absolute Gasteiger partial charge is 0.145 e. The first-order valence-electron chi connectivity index (χ1n) is 3.54. The minimum absolute atomic E-state index is 0.741. The molecule has 1 aromatic rings. The Morgan fingerprint density at radius 1 is 1.64 bits per heavy atom. The molecule has 0 saturated carbocycles. The number of hydrogen-bond donors (Lipinski definition) is 0. The van der Waals surface area contributed by atoms with Gasteiger partial charge >= 0.3 is 0 Å². The Morgan fingerprint density at radius 2 is 2.45 bits per heavy atom. The fraction of sp³-hybridized carbons (Fsp3) is 0.333. The van der Waals surface area contributed by atoms with Gasteiger partial charge in [0, 0.05) is 10.8 Å². The maximum absolute atomic E-state index is 5.39. The maximum Gasteiger partial charge on any atom is 0.145 e. The first kappa shape index (κ1) is 8.16. The highest BCUT2D eigenvalue weighted by atomic mass is 32.1. The van der Waals surface area contributed by atoms with Gasteiger partial charge in [-0.2, -0.15) is 0 Å². The summed E-state index contributed by atoms with van der Waals surface area (Å²) in [6.07, 6.45) is 6.26. The quantitative estimate of drug-likeness (QED) is 0.627. The molecule has 0 aliphatic heterocycles. The van der Waals surface area contributed by atoms with Crippen LogP contribution < -0.4 is 4.74 Å². The van der Waals surface area contributed by atoms with E-state index in [1.54, 1.807) is 11.3 Å². The second-order valence-electron chi connectivity index (χ2n) is 2.14. The number of hydrogen-bond acceptors (Lipinski definition) is 2. The van der Waals surface area contributed by atoms with Crippen LogP contribution in [0.25, 0.3) is 0 Å². The molecule has 0 amide bonds. The average Bonchev–Trinajstić information content (AvgIpc) is 2.47. The summed E-state index contributed by atoms with van der Waals surface area (Å²) >= 11 is 1.57. The van der Waals surface area contributed by atoms with Gasteiger partial charge in [0.25, 0.3) is 0 Å². The fourth-order valence-corrected chi connectivity index (χ4v) is 1.42. The van der Waals surface area contributed by atoms with Crippen molar-refractivity contribution >= 4 is 11.3 Å². The van der Waals surface area contributed by atoms with E-state index >= 15 is 0 Å². The molecule has 0 saturated heterocycles. The molecule has 0 aliphatic carbocycles. The zero-order valence-corrected chi connectivity index (χ0v) is 7.28. The maximum atomic E-state index is 5.39. The summed E-state index contributed by atoms with van der Waals surface area (Å²) < 4.78 is 5.39. The van der Waals surface area contributed by atoms with Gasteiger partial charge in [-0.1, -0.05) is 12.8 Å². The molecule has 1 rings (SSSR count). The molecule has 0 fully saturated rings. The minimum atomic E-state index is 0.741. The van der Waals surface area contributed by atoms with Gasteiger partial charge in [0.05, 0.1) is 12.2 Å². The monoisotopic (exact) mass is 166 g/mol. The van der Waals surface area contributed by atoms with Gasteiger partial charge < -0.3 is 4.74 Å². The van der Waals surface area contributed by atoms with Crippen LogP contribution in [-0.4, -0.2) is 6.61 Å². The van der Waals surface area contributed by atoms with E-state index in [1.165, 1.54) is 0 Å². The van der Waals surface area contributed by atoms with Crippen LogP contribution in [0.4, 0.5) is 0 Å². The van der Waals surface area contributed by atoms with Crippen molar-refractivity contribution < 1.29 is 4.74 Å². The molecule has 11 heavy (non-hydrogen) atoms. The zero-order chi connectivity index (χ0) is 8.10. The lowest BCUT2D eigenvalue weighted by atomic mass is 10.3. The lowest BCUT2D eigenvalue weighted by Crippen LogP contribution is -1.94. The Balaban J connectivity index is 2.63. The van der Waals surface area contributed by atoms with Crippen molar-refractivity contribution in [2.24, 2.45) is 0 Å². The van der Waals surface area contributed by atoms with E-state index in [0.29, 0.717) is 0 Å². The molecule has 1 aromatic heterocycles. The topological polar surface area (TPSA) is 9.23 Å². The van der Waals surface area contributed by atoms with Crippen LogP contribution in [0.2, 0.25) is 0 Å². The molecule has 0 radical (unpaired) electrons. The van der Waals surface area contributed by atoms with E-state index in [1.807, 2.05) is 10.8 Å². The van der Waals surface area contributed by atoms with Gasteiger partial charge in [0.2, 0.25) is 0 Å². The van der Waals surface area contributed by atoms with Gasteiger partial charge in [-0.25, -0.2) is 0 Å². The highest BCUT2D eigenvalue weighted by Gasteiger charge is 1.99. The minimum Gasteiger partial charge on any atom is -0.491 e. The third kappa shape index (κ3) is 1.99. The van der Waals surface area contributed by atoms with Gasteiger partial charge in [-0.05, 0) is 6.42 Å². The number of ether oxygens (including phenoxy) is 1. The van der Waals surface area contributed by atoms with Gasteiger partial charge in [0.15, 0.2) is 0 Å². The molecule has 0 atom stereocenters. The van der Waals surface area contributed by atoms with Crippen molar-refractivity contribution in [1.82, 2.24) is 0 Å². The van der Waals surface area contributed by atoms with Crippen LogP contribution in [0.1, 0.15) is 18.9 Å². The van der Waals surface area contributed by atoms with E-state index in [-0.39, 0.29) is 0 Å². The predicted octanol–water partition coefficient (Wildman–Crippen LogP) is 2.52. The molecule has 58 valence electrons. The summed E-state index contributed by atoms with van der Waals surface area (Å²) in [6, 6.07) is 0. The summed E-state index contributed by atoms with van der Waals surface area (Å²) in [7, 11) is 0. The van der Waals surface area contributed by atoms with Crippen molar-refractivity contribution in [1.29, 1.82) is 0 Å². The molecule has 1 heterocycles. The second-order valence-corrected chi connectivity index (χ2v) is 2.89. The Labute approximate surface area is 71.0 Å². The molecule has 0 spiro atoms. The molecular weight excluding hydrogens is 156 g/mol. The SMILES string of the molecule is C#Cc1cscc1OCCC. The Morgan fingerprint density at radius 3 is 3.09 bits per heavy atom. The van der Waals surface area contributed by atoms with E-state index < -0.39 is 0 Å². The van der Waals surface area contributed by atoms with Crippen molar-refractivity contribution in [3.63, 3.8) is 0 Å². The van der Waals surface area contributed by atoms with Gasteiger partial charge in [-0.3, -0.25) is 0 Å². The third-order valence-corrected chi connectivity index (χ3v) is 1.97. The Kier molecular flexibility index (Phi) is 3.00. The highest BCUT2D eigenvalue weighted by molar-refractivity contribution is 7.08. The van der Waals surface area contributed by atoms with Crippen molar-refractivity contribution in [2.75, 3.05) is 6.61 Å². The van der Waals surface area contributed by atoms with Crippen LogP contribution in [0.15, 0.2) is 10.8 Å². The van der Waals surface area contributed by atoms with Crippen LogP contribution in [0.5, 0.6) is 5.75 Å². The number of terminal acetylenes is 1.